The molecule has 0 saturated carbocycles. The predicted molar refractivity (Wildman–Crippen MR) is 89.3 cm³/mol. The van der Waals surface area contributed by atoms with E-state index >= 15 is 0 Å². The van der Waals surface area contributed by atoms with E-state index in [-0.39, 0.29) is 18.5 Å². The van der Waals surface area contributed by atoms with Gasteiger partial charge in [-0.2, -0.15) is 0 Å². The fourth-order valence-electron chi connectivity index (χ4n) is 3.17. The van der Waals surface area contributed by atoms with Crippen molar-refractivity contribution < 1.29 is 24.2 Å². The molecule has 0 unspecified atom stereocenters. The summed E-state index contributed by atoms with van der Waals surface area (Å²) in [5, 5.41) is 14.5. The molecular formula is C17H21N3O5. The molecule has 2 aliphatic rings. The van der Waals surface area contributed by atoms with Crippen molar-refractivity contribution in [3.05, 3.63) is 35.0 Å². The Kier molecular flexibility index (Phi) is 4.80. The molecule has 2 heterocycles. The van der Waals surface area contributed by atoms with Crippen LogP contribution in [0.5, 0.6) is 11.5 Å². The van der Waals surface area contributed by atoms with E-state index in [0.717, 1.165) is 0 Å². The lowest BCUT2D eigenvalue weighted by Gasteiger charge is -2.27. The third-order valence-electron chi connectivity index (χ3n) is 4.35. The van der Waals surface area contributed by atoms with E-state index in [4.69, 9.17) is 14.6 Å². The van der Waals surface area contributed by atoms with E-state index in [9.17, 15) is 9.59 Å². The molecule has 3 N–H and O–H groups in total. The molecule has 1 aromatic rings. The first-order chi connectivity index (χ1) is 12.1. The molecule has 0 radical (unpaired) electrons. The molecule has 1 aromatic carbocycles. The summed E-state index contributed by atoms with van der Waals surface area (Å²) in [6.45, 7) is 0.761. The maximum absolute atomic E-state index is 12.8. The van der Waals surface area contributed by atoms with Crippen LogP contribution in [0.1, 0.15) is 18.0 Å². The van der Waals surface area contributed by atoms with Gasteiger partial charge in [0.1, 0.15) is 11.5 Å². The Bertz CT molecular complexity index is 731. The maximum atomic E-state index is 12.8. The van der Waals surface area contributed by atoms with Crippen LogP contribution in [0.4, 0.5) is 4.79 Å². The van der Waals surface area contributed by atoms with Crippen LogP contribution in [0, 0.1) is 0 Å². The highest BCUT2D eigenvalue weighted by molar-refractivity contribution is 6.01. The highest BCUT2D eigenvalue weighted by atomic mass is 16.5. The van der Waals surface area contributed by atoms with Gasteiger partial charge in [0.15, 0.2) is 0 Å². The van der Waals surface area contributed by atoms with E-state index in [1.54, 1.807) is 30.2 Å². The molecule has 0 aliphatic carbocycles. The second-order valence-electron chi connectivity index (χ2n) is 5.84. The van der Waals surface area contributed by atoms with Crippen molar-refractivity contribution in [2.24, 2.45) is 0 Å². The van der Waals surface area contributed by atoms with Crippen molar-refractivity contribution in [3.8, 4) is 11.5 Å². The summed E-state index contributed by atoms with van der Waals surface area (Å²) >= 11 is 0. The number of carbonyl (C=O) groups excluding carboxylic acids is 2. The molecule has 0 saturated heterocycles. The van der Waals surface area contributed by atoms with Crippen molar-refractivity contribution in [1.82, 2.24) is 15.5 Å². The number of urea groups is 1. The minimum absolute atomic E-state index is 0.00614. The third-order valence-corrected chi connectivity index (χ3v) is 4.35. The number of hydrogen-bond donors (Lipinski definition) is 3. The van der Waals surface area contributed by atoms with Crippen LogP contribution in [0.25, 0.3) is 0 Å². The first-order valence-electron chi connectivity index (χ1n) is 8.01. The van der Waals surface area contributed by atoms with Crippen LogP contribution < -0.4 is 20.1 Å². The van der Waals surface area contributed by atoms with Crippen molar-refractivity contribution >= 4 is 11.9 Å². The summed E-state index contributed by atoms with van der Waals surface area (Å²) in [7, 11) is 3.09. The Hall–Kier alpha value is -2.74. The molecule has 3 amide bonds. The molecule has 25 heavy (non-hydrogen) atoms. The molecule has 0 fully saturated rings. The molecule has 8 nitrogen and oxygen atoms in total. The van der Waals surface area contributed by atoms with Crippen LogP contribution in [0.2, 0.25) is 0 Å². The number of nitrogens with zero attached hydrogens (tertiary/aromatic N) is 1. The fourth-order valence-corrected chi connectivity index (χ4v) is 3.17. The second kappa shape index (κ2) is 7.02. The van der Waals surface area contributed by atoms with Gasteiger partial charge in [0, 0.05) is 18.7 Å². The normalized spacial score (nSPS) is 19.5. The van der Waals surface area contributed by atoms with Gasteiger partial charge < -0.3 is 30.1 Å². The van der Waals surface area contributed by atoms with Crippen molar-refractivity contribution in [2.75, 3.05) is 33.9 Å². The number of benzene rings is 1. The van der Waals surface area contributed by atoms with Gasteiger partial charge in [0.05, 0.1) is 38.1 Å². The molecule has 2 aliphatic heterocycles. The lowest BCUT2D eigenvalue weighted by atomic mass is 9.95. The molecule has 0 bridgehead atoms. The van der Waals surface area contributed by atoms with E-state index in [1.165, 1.54) is 7.11 Å². The molecule has 134 valence electrons. The van der Waals surface area contributed by atoms with E-state index in [1.807, 2.05) is 0 Å². The number of nitrogens with one attached hydrogen (secondary N) is 2. The topological polar surface area (TPSA) is 100 Å². The zero-order chi connectivity index (χ0) is 18.0. The average Bonchev–Trinajstić information content (AvgIpc) is 2.94. The van der Waals surface area contributed by atoms with Crippen molar-refractivity contribution in [1.29, 1.82) is 0 Å². The Labute approximate surface area is 145 Å². The van der Waals surface area contributed by atoms with Gasteiger partial charge in [-0.1, -0.05) is 0 Å². The molecule has 1 atom stereocenters. The van der Waals surface area contributed by atoms with Gasteiger partial charge in [-0.25, -0.2) is 4.79 Å². The van der Waals surface area contributed by atoms with Crippen LogP contribution in [0.15, 0.2) is 29.5 Å². The minimum atomic E-state index is -0.625. The van der Waals surface area contributed by atoms with Crippen molar-refractivity contribution in [2.45, 2.75) is 12.5 Å². The summed E-state index contributed by atoms with van der Waals surface area (Å²) in [4.78, 5) is 26.5. The molecule has 8 heteroatoms. The fraction of sp³-hybridized carbons (Fsp3) is 0.412. The van der Waals surface area contributed by atoms with Gasteiger partial charge in [-0.3, -0.25) is 4.79 Å². The zero-order valence-corrected chi connectivity index (χ0v) is 14.2. The van der Waals surface area contributed by atoms with Crippen LogP contribution in [0.3, 0.4) is 0 Å². The Balaban J connectivity index is 2.00. The monoisotopic (exact) mass is 347 g/mol. The Morgan fingerprint density at radius 1 is 1.28 bits per heavy atom. The lowest BCUT2D eigenvalue weighted by molar-refractivity contribution is -0.125. The van der Waals surface area contributed by atoms with Gasteiger partial charge in [-0.15, -0.1) is 0 Å². The SMILES string of the molecule is COc1ccc(OC)c([C@@H]2NC(=O)NC3=C2C(=O)N(CCCO)C3)c1. The number of aliphatic hydroxyl groups is 1. The minimum Gasteiger partial charge on any atom is -0.497 e. The largest absolute Gasteiger partial charge is 0.497 e. The highest BCUT2D eigenvalue weighted by Gasteiger charge is 2.41. The summed E-state index contributed by atoms with van der Waals surface area (Å²) in [6.07, 6.45) is 0.487. The number of ether oxygens (including phenoxy) is 2. The smallest absolute Gasteiger partial charge is 0.319 e. The van der Waals surface area contributed by atoms with Gasteiger partial charge in [0.25, 0.3) is 5.91 Å². The summed E-state index contributed by atoms with van der Waals surface area (Å²) < 4.78 is 10.7. The summed E-state index contributed by atoms with van der Waals surface area (Å²) in [5.41, 5.74) is 1.73. The van der Waals surface area contributed by atoms with E-state index in [2.05, 4.69) is 10.6 Å². The highest BCUT2D eigenvalue weighted by Crippen LogP contribution is 2.38. The number of hydrogen-bond acceptors (Lipinski definition) is 5. The molecule has 0 aromatic heterocycles. The second-order valence-corrected chi connectivity index (χ2v) is 5.84. The number of carbonyl (C=O) groups is 2. The van der Waals surface area contributed by atoms with Crippen LogP contribution >= 0.6 is 0 Å². The molecule has 0 spiro atoms. The van der Waals surface area contributed by atoms with Crippen LogP contribution in [-0.2, 0) is 4.79 Å². The third kappa shape index (κ3) is 3.12. The summed E-state index contributed by atoms with van der Waals surface area (Å²) in [5.74, 6) is 1.00. The maximum Gasteiger partial charge on any atom is 0.319 e. The standard InChI is InChI=1S/C17H21N3O5/c1-24-10-4-5-13(25-2)11(8-10)15-14-12(18-17(23)19-15)9-20(16(14)22)6-3-7-21/h4-5,8,15,21H,3,6-7,9H2,1-2H3,(H2,18,19,23)/t15-/m0/s1. The quantitative estimate of drug-likeness (QED) is 0.697. The average molecular weight is 347 g/mol. The lowest BCUT2D eigenvalue weighted by Crippen LogP contribution is -2.44. The van der Waals surface area contributed by atoms with Crippen molar-refractivity contribution in [3.63, 3.8) is 0 Å². The summed E-state index contributed by atoms with van der Waals surface area (Å²) in [6, 6.07) is 4.25. The van der Waals surface area contributed by atoms with Crippen LogP contribution in [-0.4, -0.2) is 55.9 Å². The van der Waals surface area contributed by atoms with Gasteiger partial charge >= 0.3 is 6.03 Å². The first kappa shape index (κ1) is 17.1. The first-order valence-corrected chi connectivity index (χ1v) is 8.01. The van der Waals surface area contributed by atoms with E-state index < -0.39 is 6.04 Å². The van der Waals surface area contributed by atoms with E-state index in [0.29, 0.717) is 47.8 Å². The number of rotatable bonds is 6. The van der Waals surface area contributed by atoms with Gasteiger partial charge in [0.2, 0.25) is 0 Å². The number of aliphatic hydroxyl groups excluding tert-OH is 1. The van der Waals surface area contributed by atoms with Gasteiger partial charge in [-0.05, 0) is 24.6 Å². The number of methoxy groups -OCH3 is 2. The predicted octanol–water partition coefficient (Wildman–Crippen LogP) is 0.536. The Morgan fingerprint density at radius 3 is 2.76 bits per heavy atom. The molecule has 3 rings (SSSR count). The number of amides is 3. The molecular weight excluding hydrogens is 326 g/mol. The Morgan fingerprint density at radius 2 is 2.08 bits per heavy atom. The zero-order valence-electron chi connectivity index (χ0n) is 14.2.